The maximum atomic E-state index is 2.86. The summed E-state index contributed by atoms with van der Waals surface area (Å²) in [5, 5.41) is 7.80. The van der Waals surface area contributed by atoms with Gasteiger partial charge in [-0.05, 0) is 264 Å². The Labute approximate surface area is 501 Å². The van der Waals surface area contributed by atoms with Crippen molar-refractivity contribution in [2.45, 2.75) is 352 Å². The fourth-order valence-corrected chi connectivity index (χ4v) is 21.5. The third-order valence-electron chi connectivity index (χ3n) is 18.2. The Morgan fingerprint density at radius 3 is 0.600 bits per heavy atom. The highest BCUT2D eigenvalue weighted by atomic mass is 31.2. The molecule has 0 unspecified atom stereocenters. The van der Waals surface area contributed by atoms with Crippen LogP contribution in [0.1, 0.15) is 337 Å². The zero-order valence-corrected chi connectivity index (χ0v) is 57.2. The fraction of sp³-hybridized carbons (Fsp3) is 0.692. The first kappa shape index (κ1) is 70.2. The molecule has 0 bridgehead atoms. The molecule has 0 radical (unpaired) electrons. The number of rotatable bonds is 46. The lowest BCUT2D eigenvalue weighted by Gasteiger charge is -2.41. The lowest BCUT2D eigenvalue weighted by molar-refractivity contribution is 0.693. The molecule has 0 aliphatic rings. The van der Waals surface area contributed by atoms with Gasteiger partial charge < -0.3 is 0 Å². The Bertz CT molecular complexity index is 1970. The van der Waals surface area contributed by atoms with Gasteiger partial charge in [-0.1, -0.05) is 235 Å². The first-order valence-electron chi connectivity index (χ1n) is 35.4. The van der Waals surface area contributed by atoms with Crippen molar-refractivity contribution in [3.05, 3.63) is 115 Å². The van der Waals surface area contributed by atoms with Crippen LogP contribution in [-0.2, 0) is 77.0 Å². The van der Waals surface area contributed by atoms with Gasteiger partial charge in [0.1, 0.15) is 0 Å². The van der Waals surface area contributed by atoms with Crippen LogP contribution in [0.15, 0.2) is 48.5 Å². The summed E-state index contributed by atoms with van der Waals surface area (Å²) < 4.78 is 0. The van der Waals surface area contributed by atoms with Crippen molar-refractivity contribution in [1.82, 2.24) is 0 Å². The van der Waals surface area contributed by atoms with E-state index in [1.54, 1.807) is 44.5 Å². The van der Waals surface area contributed by atoms with E-state index in [1.807, 2.05) is 43.5 Å². The van der Waals surface area contributed by atoms with Crippen molar-refractivity contribution < 1.29 is 0 Å². The van der Waals surface area contributed by atoms with Crippen LogP contribution >= 0.6 is 15.8 Å². The molecule has 0 nitrogen and oxygen atoms in total. The number of hydrogen-bond donors (Lipinski definition) is 0. The molecule has 0 spiro atoms. The molecule has 80 heavy (non-hydrogen) atoms. The van der Waals surface area contributed by atoms with E-state index in [1.165, 1.54) is 257 Å². The van der Waals surface area contributed by atoms with Gasteiger partial charge in [-0.3, -0.25) is 0 Å². The third-order valence-corrected chi connectivity index (χ3v) is 25.0. The van der Waals surface area contributed by atoms with Crippen LogP contribution in [0.5, 0.6) is 0 Å². The van der Waals surface area contributed by atoms with Gasteiger partial charge >= 0.3 is 0 Å². The van der Waals surface area contributed by atoms with E-state index in [-0.39, 0.29) is 0 Å². The Balaban J connectivity index is 2.53. The van der Waals surface area contributed by atoms with Crippen LogP contribution in [0.3, 0.4) is 0 Å². The van der Waals surface area contributed by atoms with Crippen LogP contribution in [0.2, 0.25) is 0 Å². The molecule has 0 fully saturated rings. The SMILES string of the molecule is CCCCCC(P(c1ccc(CCCC)c(CCCC)c1CCCC)c1ccc(CCCC)c(CCCC)c1CCCC)P(c1ccc(CCCC)c(CCCC)c1CCCC)c1ccc(CCCC)c(CCCC)c1CCCC. The Kier molecular flexibility index (Phi) is 36.6. The second-order valence-corrected chi connectivity index (χ2v) is 29.8. The normalized spacial score (nSPS) is 11.9. The molecule has 0 aliphatic heterocycles. The lowest BCUT2D eigenvalue weighted by Crippen LogP contribution is -2.34. The van der Waals surface area contributed by atoms with Crippen molar-refractivity contribution >= 4 is 37.1 Å². The van der Waals surface area contributed by atoms with Gasteiger partial charge in [-0.25, -0.2) is 0 Å². The topological polar surface area (TPSA) is 0 Å². The minimum Gasteiger partial charge on any atom is -0.0654 e. The molecule has 4 rings (SSSR count). The third kappa shape index (κ3) is 20.8. The van der Waals surface area contributed by atoms with Gasteiger partial charge in [-0.15, -0.1) is 0 Å². The predicted molar refractivity (Wildman–Crippen MR) is 369 cm³/mol. The summed E-state index contributed by atoms with van der Waals surface area (Å²) in [6.45, 7) is 31.8. The number of aryl methyl sites for hydroxylation is 4. The number of hydrogen-bond acceptors (Lipinski definition) is 0. The van der Waals surface area contributed by atoms with E-state index in [4.69, 9.17) is 0 Å². The average Bonchev–Trinajstić information content (AvgIpc) is 3.51. The van der Waals surface area contributed by atoms with E-state index < -0.39 is 15.8 Å². The zero-order valence-electron chi connectivity index (χ0n) is 55.4. The highest BCUT2D eigenvalue weighted by Gasteiger charge is 2.39. The molecule has 0 heterocycles. The minimum atomic E-state index is -0.802. The van der Waals surface area contributed by atoms with Crippen LogP contribution < -0.4 is 21.2 Å². The number of benzene rings is 4. The second-order valence-electron chi connectivity index (χ2n) is 24.8. The summed E-state index contributed by atoms with van der Waals surface area (Å²) in [7, 11) is -1.60. The quantitative estimate of drug-likeness (QED) is 0.0306. The smallest absolute Gasteiger partial charge is 0.0155 e. The minimum absolute atomic E-state index is 0.537. The average molecular weight is 1130 g/mol. The molecule has 0 saturated heterocycles. The van der Waals surface area contributed by atoms with Crippen molar-refractivity contribution in [2.75, 3.05) is 0 Å². The van der Waals surface area contributed by atoms with Crippen molar-refractivity contribution in [2.24, 2.45) is 0 Å². The van der Waals surface area contributed by atoms with Crippen LogP contribution in [-0.4, -0.2) is 5.40 Å². The molecule has 0 aromatic heterocycles. The monoisotopic (exact) mass is 1130 g/mol. The van der Waals surface area contributed by atoms with E-state index >= 15 is 0 Å². The molecule has 0 saturated carbocycles. The molecular formula is C78H128P2. The van der Waals surface area contributed by atoms with Gasteiger partial charge in [-0.2, -0.15) is 0 Å². The molecule has 450 valence electrons. The maximum absolute atomic E-state index is 2.86. The van der Waals surface area contributed by atoms with Crippen LogP contribution in [0, 0.1) is 0 Å². The molecule has 0 N–H and O–H groups in total. The first-order valence-corrected chi connectivity index (χ1v) is 38.2. The highest BCUT2D eigenvalue weighted by molar-refractivity contribution is 7.89. The zero-order chi connectivity index (χ0) is 57.9. The van der Waals surface area contributed by atoms with Crippen LogP contribution in [0.25, 0.3) is 0 Å². The van der Waals surface area contributed by atoms with E-state index in [0.29, 0.717) is 5.40 Å². The van der Waals surface area contributed by atoms with E-state index in [2.05, 4.69) is 139 Å². The summed E-state index contributed by atoms with van der Waals surface area (Å²) in [6.07, 6.45) is 50.6. The van der Waals surface area contributed by atoms with Gasteiger partial charge in [0.25, 0.3) is 0 Å². The van der Waals surface area contributed by atoms with Crippen molar-refractivity contribution in [1.29, 1.82) is 0 Å². The molecule has 0 aliphatic carbocycles. The fourth-order valence-electron chi connectivity index (χ4n) is 13.3. The second kappa shape index (κ2) is 41.7. The first-order chi connectivity index (χ1) is 39.3. The Morgan fingerprint density at radius 2 is 0.400 bits per heavy atom. The summed E-state index contributed by atoms with van der Waals surface area (Å²) in [4.78, 5) is 0. The Hall–Kier alpha value is -2.26. The summed E-state index contributed by atoms with van der Waals surface area (Å²) in [5.41, 5.74) is 21.2. The Morgan fingerprint density at radius 1 is 0.212 bits per heavy atom. The van der Waals surface area contributed by atoms with Gasteiger partial charge in [0, 0.05) is 5.40 Å². The molecule has 4 aromatic rings. The molecule has 4 aromatic carbocycles. The molecular weight excluding hydrogens is 999 g/mol. The standard InChI is InChI=1S/C78H128P2/c1-14-27-40-53-78(79(74-58-54-62(41-28-15-2)66(45-32-19-6)70(74)49-36-23-10)75-59-55-63(42-29-16-3)67(46-33-20-7)71(75)50-37-24-11)80(76-60-56-64(43-30-17-4)68(47-34-21-8)72(76)51-38-25-12)77-61-57-65(44-31-18-5)69(48-35-22-9)73(77)52-39-26-13/h54-61,78H,14-53H2,1-13H3. The summed E-state index contributed by atoms with van der Waals surface area (Å²) in [5.74, 6) is 0. The van der Waals surface area contributed by atoms with Crippen molar-refractivity contribution in [3.8, 4) is 0 Å². The van der Waals surface area contributed by atoms with Gasteiger partial charge in [0.2, 0.25) is 0 Å². The van der Waals surface area contributed by atoms with Gasteiger partial charge in [0.05, 0.1) is 0 Å². The molecule has 2 heteroatoms. The van der Waals surface area contributed by atoms with E-state index in [9.17, 15) is 0 Å². The number of unbranched alkanes of at least 4 members (excludes halogenated alkanes) is 14. The largest absolute Gasteiger partial charge is 0.0654 e. The summed E-state index contributed by atoms with van der Waals surface area (Å²) >= 11 is 0. The molecule has 0 atom stereocenters. The van der Waals surface area contributed by atoms with E-state index in [0.717, 1.165) is 0 Å². The maximum Gasteiger partial charge on any atom is 0.0155 e. The highest BCUT2D eigenvalue weighted by Crippen LogP contribution is 2.61. The van der Waals surface area contributed by atoms with Crippen molar-refractivity contribution in [3.63, 3.8) is 0 Å². The molecule has 0 amide bonds. The lowest BCUT2D eigenvalue weighted by atomic mass is 9.90. The summed E-state index contributed by atoms with van der Waals surface area (Å²) in [6, 6.07) is 22.4. The van der Waals surface area contributed by atoms with Gasteiger partial charge in [0.15, 0.2) is 0 Å². The van der Waals surface area contributed by atoms with Crippen LogP contribution in [0.4, 0.5) is 0 Å². The predicted octanol–water partition coefficient (Wildman–Crippen LogP) is 23.3.